The summed E-state index contributed by atoms with van der Waals surface area (Å²) in [6, 6.07) is 14.6. The van der Waals surface area contributed by atoms with E-state index in [-0.39, 0.29) is 11.7 Å². The third-order valence-corrected chi connectivity index (χ3v) is 3.49. The predicted molar refractivity (Wildman–Crippen MR) is 69.1 cm³/mol. The summed E-state index contributed by atoms with van der Waals surface area (Å²) in [7, 11) is 0. The van der Waals surface area contributed by atoms with Gasteiger partial charge in [-0.3, -0.25) is 4.79 Å². The van der Waals surface area contributed by atoms with Crippen molar-refractivity contribution in [2.45, 2.75) is 19.8 Å². The highest BCUT2D eigenvalue weighted by atomic mass is 16.1. The van der Waals surface area contributed by atoms with Gasteiger partial charge in [-0.25, -0.2) is 0 Å². The predicted octanol–water partition coefficient (Wildman–Crippen LogP) is 3.70. The van der Waals surface area contributed by atoms with Crippen LogP contribution in [0.1, 0.15) is 29.5 Å². The van der Waals surface area contributed by atoms with E-state index in [0.717, 1.165) is 5.56 Å². The maximum absolute atomic E-state index is 11.9. The van der Waals surface area contributed by atoms with E-state index < -0.39 is 0 Å². The van der Waals surface area contributed by atoms with E-state index in [0.29, 0.717) is 0 Å². The van der Waals surface area contributed by atoms with Crippen molar-refractivity contribution >= 4 is 5.78 Å². The minimum Gasteiger partial charge on any atom is -0.299 e. The maximum Gasteiger partial charge on any atom is 0.141 e. The van der Waals surface area contributed by atoms with Crippen LogP contribution in [0.5, 0.6) is 0 Å². The third kappa shape index (κ3) is 1.42. The molecule has 1 aliphatic rings. The van der Waals surface area contributed by atoms with E-state index in [2.05, 4.69) is 37.3 Å². The van der Waals surface area contributed by atoms with Crippen molar-refractivity contribution in [3.63, 3.8) is 0 Å². The molecule has 0 saturated heterocycles. The van der Waals surface area contributed by atoms with Crippen molar-refractivity contribution < 1.29 is 4.79 Å². The lowest BCUT2D eigenvalue weighted by molar-refractivity contribution is -0.117. The van der Waals surface area contributed by atoms with Gasteiger partial charge in [0.15, 0.2) is 0 Å². The number of carbonyl (C=O) groups is 1. The average molecular weight is 222 g/mol. The molecule has 84 valence electrons. The monoisotopic (exact) mass is 222 g/mol. The molecule has 2 aromatic carbocycles. The van der Waals surface area contributed by atoms with Gasteiger partial charge in [0.05, 0.1) is 5.92 Å². The number of rotatable bonds is 1. The summed E-state index contributed by atoms with van der Waals surface area (Å²) in [4.78, 5) is 11.9. The first-order valence-electron chi connectivity index (χ1n) is 5.89. The van der Waals surface area contributed by atoms with Crippen LogP contribution in [0, 0.1) is 6.92 Å². The molecule has 0 bridgehead atoms. The quantitative estimate of drug-likeness (QED) is 0.719. The van der Waals surface area contributed by atoms with E-state index in [1.54, 1.807) is 6.92 Å². The zero-order valence-corrected chi connectivity index (χ0v) is 10.0. The summed E-state index contributed by atoms with van der Waals surface area (Å²) < 4.78 is 0. The first-order valence-corrected chi connectivity index (χ1v) is 5.89. The molecule has 0 fully saturated rings. The van der Waals surface area contributed by atoms with Crippen molar-refractivity contribution in [1.29, 1.82) is 0 Å². The number of fused-ring (bicyclic) bond motifs is 3. The Hall–Kier alpha value is -1.89. The molecule has 0 aromatic heterocycles. The molecule has 0 N–H and O–H groups in total. The van der Waals surface area contributed by atoms with E-state index >= 15 is 0 Å². The molecule has 0 saturated carbocycles. The molecule has 1 unspecified atom stereocenters. The third-order valence-electron chi connectivity index (χ3n) is 3.49. The number of aryl methyl sites for hydroxylation is 1. The number of carbonyl (C=O) groups excluding carboxylic acids is 1. The minimum atomic E-state index is -0.0684. The highest BCUT2D eigenvalue weighted by Crippen LogP contribution is 2.45. The molecule has 3 rings (SSSR count). The van der Waals surface area contributed by atoms with Gasteiger partial charge in [-0.1, -0.05) is 48.0 Å². The highest BCUT2D eigenvalue weighted by molar-refractivity contribution is 5.96. The highest BCUT2D eigenvalue weighted by Gasteiger charge is 2.31. The number of benzene rings is 2. The summed E-state index contributed by atoms with van der Waals surface area (Å²) >= 11 is 0. The van der Waals surface area contributed by atoms with Crippen LogP contribution in [0.4, 0.5) is 0 Å². The van der Waals surface area contributed by atoms with E-state index in [4.69, 9.17) is 0 Å². The summed E-state index contributed by atoms with van der Waals surface area (Å²) in [5, 5.41) is 0. The molecule has 1 nitrogen and oxygen atoms in total. The topological polar surface area (TPSA) is 17.1 Å². The van der Waals surface area contributed by atoms with Crippen LogP contribution in [0.25, 0.3) is 11.1 Å². The molecule has 17 heavy (non-hydrogen) atoms. The Bertz CT molecular complexity index is 611. The molecule has 0 spiro atoms. The fourth-order valence-corrected chi connectivity index (χ4v) is 2.77. The molecule has 2 aromatic rings. The minimum absolute atomic E-state index is 0.0684. The summed E-state index contributed by atoms with van der Waals surface area (Å²) in [6.07, 6.45) is 0. The van der Waals surface area contributed by atoms with Crippen LogP contribution in [-0.4, -0.2) is 5.78 Å². The average Bonchev–Trinajstić information content (AvgIpc) is 2.62. The van der Waals surface area contributed by atoms with Gasteiger partial charge in [-0.15, -0.1) is 0 Å². The van der Waals surface area contributed by atoms with Crippen LogP contribution in [-0.2, 0) is 4.79 Å². The fraction of sp³-hybridized carbons (Fsp3) is 0.188. The second kappa shape index (κ2) is 3.56. The largest absolute Gasteiger partial charge is 0.299 e. The number of hydrogen-bond donors (Lipinski definition) is 0. The molecule has 1 aliphatic carbocycles. The Morgan fingerprint density at radius 3 is 2.47 bits per heavy atom. The summed E-state index contributed by atoms with van der Waals surface area (Å²) in [5.41, 5.74) is 5.95. The fourth-order valence-electron chi connectivity index (χ4n) is 2.77. The second-order valence-corrected chi connectivity index (χ2v) is 4.72. The molecule has 0 heterocycles. The number of Topliss-reactive ketones (excluding diaryl/α,β-unsaturated/α-hetero) is 1. The van der Waals surface area contributed by atoms with E-state index in [9.17, 15) is 4.79 Å². The van der Waals surface area contributed by atoms with Gasteiger partial charge < -0.3 is 0 Å². The van der Waals surface area contributed by atoms with Crippen LogP contribution in [0.15, 0.2) is 42.5 Å². The van der Waals surface area contributed by atoms with Crippen LogP contribution < -0.4 is 0 Å². The Balaban J connectivity index is 2.33. The zero-order valence-electron chi connectivity index (χ0n) is 10.0. The van der Waals surface area contributed by atoms with Crippen molar-refractivity contribution in [2.75, 3.05) is 0 Å². The second-order valence-electron chi connectivity index (χ2n) is 4.72. The van der Waals surface area contributed by atoms with E-state index in [1.165, 1.54) is 22.3 Å². The van der Waals surface area contributed by atoms with Crippen LogP contribution >= 0.6 is 0 Å². The van der Waals surface area contributed by atoms with Gasteiger partial charge in [0.25, 0.3) is 0 Å². The van der Waals surface area contributed by atoms with Gasteiger partial charge >= 0.3 is 0 Å². The SMILES string of the molecule is CC(=O)C1c2ccccc2-c2ccc(C)cc21. The summed E-state index contributed by atoms with van der Waals surface area (Å²) in [5.74, 6) is 0.155. The van der Waals surface area contributed by atoms with Gasteiger partial charge in [-0.2, -0.15) is 0 Å². The molecular weight excluding hydrogens is 208 g/mol. The van der Waals surface area contributed by atoms with Crippen molar-refractivity contribution in [3.05, 3.63) is 59.2 Å². The van der Waals surface area contributed by atoms with Gasteiger partial charge in [0.2, 0.25) is 0 Å². The smallest absolute Gasteiger partial charge is 0.141 e. The Labute approximate surface area is 101 Å². The maximum atomic E-state index is 11.9. The molecule has 0 radical (unpaired) electrons. The summed E-state index contributed by atoms with van der Waals surface area (Å²) in [6.45, 7) is 3.75. The Morgan fingerprint density at radius 2 is 1.71 bits per heavy atom. The van der Waals surface area contributed by atoms with Gasteiger partial charge in [0, 0.05) is 0 Å². The first kappa shape index (κ1) is 10.3. The molecule has 1 heteroatoms. The lowest BCUT2D eigenvalue weighted by atomic mass is 9.93. The molecule has 0 amide bonds. The molecule has 1 atom stereocenters. The van der Waals surface area contributed by atoms with Crippen LogP contribution in [0.3, 0.4) is 0 Å². The lowest BCUT2D eigenvalue weighted by Crippen LogP contribution is -2.07. The Kier molecular flexibility index (Phi) is 2.15. The first-order chi connectivity index (χ1) is 8.18. The normalized spacial score (nSPS) is 16.5. The Morgan fingerprint density at radius 1 is 1.00 bits per heavy atom. The number of ketones is 1. The standard InChI is InChI=1S/C16H14O/c1-10-7-8-13-12-5-3-4-6-14(12)16(11(2)17)15(13)9-10/h3-9,16H,1-2H3. The van der Waals surface area contributed by atoms with Crippen molar-refractivity contribution in [3.8, 4) is 11.1 Å². The van der Waals surface area contributed by atoms with Crippen molar-refractivity contribution in [1.82, 2.24) is 0 Å². The van der Waals surface area contributed by atoms with Gasteiger partial charge in [0.1, 0.15) is 5.78 Å². The molecule has 0 aliphatic heterocycles. The zero-order chi connectivity index (χ0) is 12.0. The van der Waals surface area contributed by atoms with Crippen LogP contribution in [0.2, 0.25) is 0 Å². The lowest BCUT2D eigenvalue weighted by Gasteiger charge is -2.09. The molecular formula is C16H14O. The number of hydrogen-bond acceptors (Lipinski definition) is 1. The van der Waals surface area contributed by atoms with E-state index in [1.807, 2.05) is 12.1 Å². The van der Waals surface area contributed by atoms with Crippen molar-refractivity contribution in [2.24, 2.45) is 0 Å². The van der Waals surface area contributed by atoms with Gasteiger partial charge in [-0.05, 0) is 36.1 Å².